The molecule has 1 unspecified atom stereocenters. The summed E-state index contributed by atoms with van der Waals surface area (Å²) in [5.41, 5.74) is 1.32. The monoisotopic (exact) mass is 277 g/mol. The Kier molecular flexibility index (Phi) is 6.03. The molecule has 1 atom stereocenters. The highest BCUT2D eigenvalue weighted by molar-refractivity contribution is 6.01. The van der Waals surface area contributed by atoms with E-state index in [0.29, 0.717) is 12.1 Å². The van der Waals surface area contributed by atoms with E-state index in [1.54, 1.807) is 31.0 Å². The van der Waals surface area contributed by atoms with E-state index in [1.807, 2.05) is 26.0 Å². The first-order chi connectivity index (χ1) is 9.51. The van der Waals surface area contributed by atoms with Crippen molar-refractivity contribution >= 4 is 17.5 Å². The molecule has 1 aromatic rings. The van der Waals surface area contributed by atoms with Crippen molar-refractivity contribution in [3.05, 3.63) is 29.8 Å². The number of likely N-dealkylation sites (N-methyl/N-ethyl adjacent to an activating group) is 1. The minimum atomic E-state index is -0.540. The van der Waals surface area contributed by atoms with Gasteiger partial charge in [-0.15, -0.1) is 0 Å². The number of hydrogen-bond donors (Lipinski definition) is 2. The van der Waals surface area contributed by atoms with E-state index >= 15 is 0 Å². The van der Waals surface area contributed by atoms with Crippen molar-refractivity contribution in [1.29, 1.82) is 0 Å². The van der Waals surface area contributed by atoms with Crippen LogP contribution in [0.1, 0.15) is 31.1 Å². The van der Waals surface area contributed by atoms with E-state index in [9.17, 15) is 9.59 Å². The summed E-state index contributed by atoms with van der Waals surface area (Å²) in [7, 11) is 1.72. The van der Waals surface area contributed by atoms with Crippen molar-refractivity contribution in [2.24, 2.45) is 0 Å². The summed E-state index contributed by atoms with van der Waals surface area (Å²) in [5, 5.41) is 5.88. The minimum absolute atomic E-state index is 0.0956. The first-order valence-electron chi connectivity index (χ1n) is 6.90. The van der Waals surface area contributed by atoms with Crippen molar-refractivity contribution in [1.82, 2.24) is 10.2 Å². The first kappa shape index (κ1) is 16.0. The molecule has 1 aromatic carbocycles. The van der Waals surface area contributed by atoms with Gasteiger partial charge >= 0.3 is 0 Å². The van der Waals surface area contributed by atoms with E-state index in [1.165, 1.54) is 0 Å². The summed E-state index contributed by atoms with van der Waals surface area (Å²) >= 11 is 0. The predicted molar refractivity (Wildman–Crippen MR) is 80.8 cm³/mol. The van der Waals surface area contributed by atoms with Gasteiger partial charge in [0.1, 0.15) is 6.04 Å². The molecule has 0 aromatic heterocycles. The van der Waals surface area contributed by atoms with Crippen LogP contribution in [-0.2, 0) is 4.79 Å². The Morgan fingerprint density at radius 1 is 1.25 bits per heavy atom. The number of benzene rings is 1. The fourth-order valence-corrected chi connectivity index (χ4v) is 1.85. The highest BCUT2D eigenvalue weighted by atomic mass is 16.2. The second-order valence-corrected chi connectivity index (χ2v) is 4.62. The van der Waals surface area contributed by atoms with Crippen LogP contribution in [0.4, 0.5) is 5.69 Å². The summed E-state index contributed by atoms with van der Waals surface area (Å²) in [4.78, 5) is 25.8. The summed E-state index contributed by atoms with van der Waals surface area (Å²) in [6.07, 6.45) is 0. The Morgan fingerprint density at radius 2 is 1.90 bits per heavy atom. The maximum absolute atomic E-state index is 12.2. The van der Waals surface area contributed by atoms with Crippen LogP contribution in [0, 0.1) is 0 Å². The van der Waals surface area contributed by atoms with Crippen LogP contribution in [-0.4, -0.2) is 42.9 Å². The number of para-hydroxylation sites is 1. The molecule has 0 spiro atoms. The molecule has 2 amide bonds. The lowest BCUT2D eigenvalue weighted by Crippen LogP contribution is -2.45. The standard InChI is InChI=1S/C15H23N3O2/c1-5-16-13-10-8-7-9-12(13)14(19)17-11(3)15(20)18(4)6-2/h7-11,16H,5-6H2,1-4H3,(H,17,19). The maximum atomic E-state index is 12.2. The molecule has 110 valence electrons. The Balaban J connectivity index is 2.79. The number of nitrogens with one attached hydrogen (secondary N) is 2. The molecule has 0 aliphatic rings. The first-order valence-corrected chi connectivity index (χ1v) is 6.90. The van der Waals surface area contributed by atoms with Gasteiger partial charge in [0, 0.05) is 25.8 Å². The van der Waals surface area contributed by atoms with Crippen molar-refractivity contribution < 1.29 is 9.59 Å². The molecular weight excluding hydrogens is 254 g/mol. The quantitative estimate of drug-likeness (QED) is 0.832. The maximum Gasteiger partial charge on any atom is 0.254 e. The molecule has 0 fully saturated rings. The molecule has 5 nitrogen and oxygen atoms in total. The fraction of sp³-hybridized carbons (Fsp3) is 0.467. The molecule has 0 aliphatic heterocycles. The topological polar surface area (TPSA) is 61.4 Å². The Bertz CT molecular complexity index is 474. The highest BCUT2D eigenvalue weighted by Crippen LogP contribution is 2.14. The zero-order valence-corrected chi connectivity index (χ0v) is 12.6. The molecule has 0 aliphatic carbocycles. The van der Waals surface area contributed by atoms with Gasteiger partial charge in [-0.05, 0) is 32.9 Å². The lowest BCUT2D eigenvalue weighted by molar-refractivity contribution is -0.131. The van der Waals surface area contributed by atoms with Gasteiger partial charge in [-0.3, -0.25) is 9.59 Å². The number of anilines is 1. The zero-order chi connectivity index (χ0) is 15.1. The average Bonchev–Trinajstić information content (AvgIpc) is 2.46. The summed E-state index contributed by atoms with van der Waals surface area (Å²) in [5.74, 6) is -0.339. The SMILES string of the molecule is CCNc1ccccc1C(=O)NC(C)C(=O)N(C)CC. The van der Waals surface area contributed by atoms with Gasteiger partial charge in [0.15, 0.2) is 0 Å². The molecule has 1 rings (SSSR count). The lowest BCUT2D eigenvalue weighted by Gasteiger charge is -2.21. The lowest BCUT2D eigenvalue weighted by atomic mass is 10.1. The fourth-order valence-electron chi connectivity index (χ4n) is 1.85. The number of carbonyl (C=O) groups excluding carboxylic acids is 2. The van der Waals surface area contributed by atoms with Crippen LogP contribution in [0.25, 0.3) is 0 Å². The molecular formula is C15H23N3O2. The third kappa shape index (κ3) is 3.98. The van der Waals surface area contributed by atoms with Gasteiger partial charge in [0.2, 0.25) is 5.91 Å². The molecule has 20 heavy (non-hydrogen) atoms. The van der Waals surface area contributed by atoms with Crippen molar-refractivity contribution in [2.45, 2.75) is 26.8 Å². The Morgan fingerprint density at radius 3 is 2.50 bits per heavy atom. The summed E-state index contributed by atoms with van der Waals surface area (Å²) in [6, 6.07) is 6.73. The van der Waals surface area contributed by atoms with Crippen LogP contribution < -0.4 is 10.6 Å². The van der Waals surface area contributed by atoms with Gasteiger partial charge in [0.05, 0.1) is 5.56 Å². The van der Waals surface area contributed by atoms with Gasteiger partial charge in [-0.1, -0.05) is 12.1 Å². The summed E-state index contributed by atoms with van der Waals surface area (Å²) in [6.45, 7) is 6.91. The molecule has 0 saturated heterocycles. The molecule has 0 heterocycles. The van der Waals surface area contributed by atoms with Gasteiger partial charge in [-0.25, -0.2) is 0 Å². The van der Waals surface area contributed by atoms with Gasteiger partial charge in [-0.2, -0.15) is 0 Å². The predicted octanol–water partition coefficient (Wildman–Crippen LogP) is 1.71. The Hall–Kier alpha value is -2.04. The van der Waals surface area contributed by atoms with Gasteiger partial charge < -0.3 is 15.5 Å². The zero-order valence-electron chi connectivity index (χ0n) is 12.6. The third-order valence-corrected chi connectivity index (χ3v) is 3.11. The minimum Gasteiger partial charge on any atom is -0.385 e. The summed E-state index contributed by atoms with van der Waals surface area (Å²) < 4.78 is 0. The van der Waals surface area contributed by atoms with Gasteiger partial charge in [0.25, 0.3) is 5.91 Å². The van der Waals surface area contributed by atoms with E-state index in [0.717, 1.165) is 12.2 Å². The Labute approximate surface area is 120 Å². The molecule has 5 heteroatoms. The molecule has 0 saturated carbocycles. The number of nitrogens with zero attached hydrogens (tertiary/aromatic N) is 1. The number of carbonyl (C=O) groups is 2. The van der Waals surface area contributed by atoms with E-state index in [-0.39, 0.29) is 11.8 Å². The van der Waals surface area contributed by atoms with Crippen molar-refractivity contribution in [2.75, 3.05) is 25.5 Å². The van der Waals surface area contributed by atoms with Crippen molar-refractivity contribution in [3.63, 3.8) is 0 Å². The second-order valence-electron chi connectivity index (χ2n) is 4.62. The normalized spacial score (nSPS) is 11.6. The van der Waals surface area contributed by atoms with Crippen molar-refractivity contribution in [3.8, 4) is 0 Å². The molecule has 0 bridgehead atoms. The largest absolute Gasteiger partial charge is 0.385 e. The number of rotatable bonds is 6. The number of amides is 2. The van der Waals surface area contributed by atoms with Crippen LogP contribution in [0.5, 0.6) is 0 Å². The highest BCUT2D eigenvalue weighted by Gasteiger charge is 2.20. The van der Waals surface area contributed by atoms with E-state index < -0.39 is 6.04 Å². The van der Waals surface area contributed by atoms with E-state index in [2.05, 4.69) is 10.6 Å². The van der Waals surface area contributed by atoms with Crippen LogP contribution in [0.3, 0.4) is 0 Å². The van der Waals surface area contributed by atoms with Crippen LogP contribution in [0.15, 0.2) is 24.3 Å². The molecule has 2 N–H and O–H groups in total. The van der Waals surface area contributed by atoms with E-state index in [4.69, 9.17) is 0 Å². The third-order valence-electron chi connectivity index (χ3n) is 3.11. The van der Waals surface area contributed by atoms with Crippen LogP contribution >= 0.6 is 0 Å². The smallest absolute Gasteiger partial charge is 0.254 e. The van der Waals surface area contributed by atoms with Crippen LogP contribution in [0.2, 0.25) is 0 Å². The number of hydrogen-bond acceptors (Lipinski definition) is 3. The average molecular weight is 277 g/mol. The second kappa shape index (κ2) is 7.53. The molecule has 0 radical (unpaired) electrons.